The molecule has 4 aliphatic rings. The Labute approximate surface area is 167 Å². The predicted octanol–water partition coefficient (Wildman–Crippen LogP) is 5.51. The van der Waals surface area contributed by atoms with Gasteiger partial charge in [-0.15, -0.1) is 11.3 Å². The monoisotopic (exact) mass is 386 g/mol. The fraction of sp³-hybridized carbons (Fsp3) is 0.750. The summed E-state index contributed by atoms with van der Waals surface area (Å²) in [5.74, 6) is 2.88. The molecule has 1 aromatic rings. The van der Waals surface area contributed by atoms with Gasteiger partial charge < -0.3 is 10.2 Å². The smallest absolute Gasteiger partial charge is 0.0810 e. The maximum absolute atomic E-state index is 11.3. The van der Waals surface area contributed by atoms with Crippen LogP contribution in [0.15, 0.2) is 23.1 Å². The van der Waals surface area contributed by atoms with Gasteiger partial charge in [-0.3, -0.25) is 0 Å². The van der Waals surface area contributed by atoms with Crippen molar-refractivity contribution in [2.45, 2.75) is 77.4 Å². The van der Waals surface area contributed by atoms with E-state index in [0.29, 0.717) is 17.3 Å². The largest absolute Gasteiger partial charge is 0.393 e. The minimum Gasteiger partial charge on any atom is -0.393 e. The summed E-state index contributed by atoms with van der Waals surface area (Å²) in [6.45, 7) is 4.91. The molecule has 2 N–H and O–H groups in total. The Balaban J connectivity index is 1.45. The highest BCUT2D eigenvalue weighted by molar-refractivity contribution is 7.10. The molecule has 0 unspecified atom stereocenters. The van der Waals surface area contributed by atoms with Crippen LogP contribution >= 0.6 is 11.3 Å². The summed E-state index contributed by atoms with van der Waals surface area (Å²) in [6.07, 6.45) is 11.2. The van der Waals surface area contributed by atoms with Crippen LogP contribution in [0.2, 0.25) is 0 Å². The highest BCUT2D eigenvalue weighted by Crippen LogP contribution is 2.67. The Morgan fingerprint density at radius 3 is 2.63 bits per heavy atom. The minimum atomic E-state index is -0.274. The predicted molar refractivity (Wildman–Crippen MR) is 111 cm³/mol. The standard InChI is InChI=1S/C24H34O2S/c1-23-9-7-17(25)14-16(23)5-6-19-20(23)8-10-24(2)21(19)13-15(22(24)26)12-18-4-3-11-27-18/h3-4,11-12,16-17,19-22,25-26H,5-10,13-14H2,1-2H3/b15-12+/t16-,17-,19+,20-,21+,22-,23-,24-/m0/s1. The van der Waals surface area contributed by atoms with E-state index >= 15 is 0 Å². The fourth-order valence-corrected chi connectivity index (χ4v) is 8.48. The molecule has 8 atom stereocenters. The number of fused-ring (bicyclic) bond motifs is 5. The van der Waals surface area contributed by atoms with Crippen LogP contribution in [-0.4, -0.2) is 22.4 Å². The van der Waals surface area contributed by atoms with E-state index in [4.69, 9.17) is 0 Å². The normalized spacial score (nSPS) is 50.9. The number of hydrogen-bond donors (Lipinski definition) is 2. The molecule has 1 aromatic heterocycles. The second-order valence-corrected chi connectivity index (χ2v) is 11.5. The molecule has 4 aliphatic carbocycles. The van der Waals surface area contributed by atoms with Crippen LogP contribution in [0.4, 0.5) is 0 Å². The molecular formula is C24H34O2S. The van der Waals surface area contributed by atoms with Gasteiger partial charge >= 0.3 is 0 Å². The maximum atomic E-state index is 11.3. The summed E-state index contributed by atoms with van der Waals surface area (Å²) in [5, 5.41) is 23.6. The third-order valence-corrected chi connectivity index (χ3v) is 10.2. The van der Waals surface area contributed by atoms with Gasteiger partial charge in [0.05, 0.1) is 12.2 Å². The van der Waals surface area contributed by atoms with Crippen molar-refractivity contribution in [3.05, 3.63) is 28.0 Å². The summed E-state index contributed by atoms with van der Waals surface area (Å²) in [6, 6.07) is 4.26. The topological polar surface area (TPSA) is 40.5 Å². The van der Waals surface area contributed by atoms with Gasteiger partial charge in [-0.1, -0.05) is 19.9 Å². The zero-order valence-electron chi connectivity index (χ0n) is 16.7. The summed E-state index contributed by atoms with van der Waals surface area (Å²) < 4.78 is 0. The second-order valence-electron chi connectivity index (χ2n) is 10.5. The first-order valence-electron chi connectivity index (χ1n) is 11.0. The summed E-state index contributed by atoms with van der Waals surface area (Å²) >= 11 is 1.77. The van der Waals surface area contributed by atoms with E-state index in [0.717, 1.165) is 37.5 Å². The Hall–Kier alpha value is -0.640. The van der Waals surface area contributed by atoms with Crippen molar-refractivity contribution < 1.29 is 10.2 Å². The van der Waals surface area contributed by atoms with Crippen LogP contribution in [-0.2, 0) is 0 Å². The van der Waals surface area contributed by atoms with Crippen molar-refractivity contribution in [1.82, 2.24) is 0 Å². The van der Waals surface area contributed by atoms with Crippen LogP contribution in [0, 0.1) is 34.5 Å². The number of aliphatic hydroxyl groups excluding tert-OH is 2. The fourth-order valence-electron chi connectivity index (χ4n) is 7.79. The van der Waals surface area contributed by atoms with E-state index in [-0.39, 0.29) is 17.6 Å². The first kappa shape index (κ1) is 18.4. The zero-order chi connectivity index (χ0) is 18.8. The third kappa shape index (κ3) is 2.72. The van der Waals surface area contributed by atoms with Gasteiger partial charge in [0.25, 0.3) is 0 Å². The first-order chi connectivity index (χ1) is 12.9. The van der Waals surface area contributed by atoms with E-state index in [2.05, 4.69) is 37.4 Å². The number of thiophene rings is 1. The van der Waals surface area contributed by atoms with Gasteiger partial charge in [0.2, 0.25) is 0 Å². The molecule has 3 heteroatoms. The van der Waals surface area contributed by atoms with Crippen molar-refractivity contribution in [3.63, 3.8) is 0 Å². The Morgan fingerprint density at radius 2 is 1.85 bits per heavy atom. The average Bonchev–Trinajstić information content (AvgIpc) is 3.24. The molecule has 0 aromatic carbocycles. The molecule has 0 saturated heterocycles. The van der Waals surface area contributed by atoms with Gasteiger partial charge in [-0.25, -0.2) is 0 Å². The number of aliphatic hydroxyl groups is 2. The van der Waals surface area contributed by atoms with Gasteiger partial charge in [-0.05, 0) is 104 Å². The molecule has 0 spiro atoms. The molecule has 0 radical (unpaired) electrons. The molecule has 27 heavy (non-hydrogen) atoms. The van der Waals surface area contributed by atoms with Crippen molar-refractivity contribution in [2.75, 3.05) is 0 Å². The van der Waals surface area contributed by atoms with Crippen LogP contribution < -0.4 is 0 Å². The lowest BCUT2D eigenvalue weighted by atomic mass is 9.45. The Morgan fingerprint density at radius 1 is 1.04 bits per heavy atom. The SMILES string of the molecule is C[C@]12CC[C@H]3[C@@H](CC[C@H]4C[C@@H](O)CC[C@@]43C)[C@H]1C/C(=C\c1cccs1)[C@@H]2O. The van der Waals surface area contributed by atoms with Crippen molar-refractivity contribution in [3.8, 4) is 0 Å². The molecular weight excluding hydrogens is 352 g/mol. The zero-order valence-corrected chi connectivity index (χ0v) is 17.5. The highest BCUT2D eigenvalue weighted by Gasteiger charge is 2.61. The molecule has 4 saturated carbocycles. The van der Waals surface area contributed by atoms with Crippen molar-refractivity contribution in [2.24, 2.45) is 34.5 Å². The molecule has 0 amide bonds. The van der Waals surface area contributed by atoms with Gasteiger partial charge in [0, 0.05) is 10.3 Å². The quantitative estimate of drug-likeness (QED) is 0.668. The highest BCUT2D eigenvalue weighted by atomic mass is 32.1. The van der Waals surface area contributed by atoms with Crippen LogP contribution in [0.5, 0.6) is 0 Å². The average molecular weight is 387 g/mol. The number of rotatable bonds is 1. The van der Waals surface area contributed by atoms with Gasteiger partial charge in [0.1, 0.15) is 0 Å². The van der Waals surface area contributed by atoms with Gasteiger partial charge in [-0.2, -0.15) is 0 Å². The van der Waals surface area contributed by atoms with E-state index < -0.39 is 0 Å². The molecule has 4 fully saturated rings. The third-order valence-electron chi connectivity index (χ3n) is 9.38. The van der Waals surface area contributed by atoms with E-state index in [1.165, 1.54) is 36.1 Å². The summed E-state index contributed by atoms with van der Waals surface area (Å²) in [5.41, 5.74) is 1.74. The molecule has 2 nitrogen and oxygen atoms in total. The maximum Gasteiger partial charge on any atom is 0.0810 e. The van der Waals surface area contributed by atoms with Crippen LogP contribution in [0.1, 0.15) is 70.1 Å². The second kappa shape index (κ2) is 6.43. The lowest BCUT2D eigenvalue weighted by molar-refractivity contribution is -0.133. The lowest BCUT2D eigenvalue weighted by Crippen LogP contribution is -2.54. The number of hydrogen-bond acceptors (Lipinski definition) is 3. The minimum absolute atomic E-state index is 0.0572. The molecule has 1 heterocycles. The Kier molecular flexibility index (Phi) is 4.38. The summed E-state index contributed by atoms with van der Waals surface area (Å²) in [7, 11) is 0. The molecule has 148 valence electrons. The molecule has 0 bridgehead atoms. The molecule has 0 aliphatic heterocycles. The van der Waals surface area contributed by atoms with Crippen molar-refractivity contribution in [1.29, 1.82) is 0 Å². The van der Waals surface area contributed by atoms with E-state index in [9.17, 15) is 10.2 Å². The van der Waals surface area contributed by atoms with Crippen molar-refractivity contribution >= 4 is 17.4 Å². The van der Waals surface area contributed by atoms with Crippen LogP contribution in [0.25, 0.3) is 6.08 Å². The molecule has 5 rings (SSSR count). The first-order valence-corrected chi connectivity index (χ1v) is 11.9. The van der Waals surface area contributed by atoms with Gasteiger partial charge in [0.15, 0.2) is 0 Å². The van der Waals surface area contributed by atoms with Crippen LogP contribution in [0.3, 0.4) is 0 Å². The lowest BCUT2D eigenvalue weighted by Gasteiger charge is -2.60. The van der Waals surface area contributed by atoms with E-state index in [1.54, 1.807) is 11.3 Å². The Bertz CT molecular complexity index is 725. The summed E-state index contributed by atoms with van der Waals surface area (Å²) in [4.78, 5) is 1.28. The van der Waals surface area contributed by atoms with E-state index in [1.807, 2.05) is 0 Å².